The average Bonchev–Trinajstić information content (AvgIpc) is 2.74. The largest absolute Gasteiger partial charge is 0.497 e. The number of hydrogen-bond donors (Lipinski definition) is 3. The Morgan fingerprint density at radius 1 is 1.11 bits per heavy atom. The van der Waals surface area contributed by atoms with Crippen molar-refractivity contribution in [1.82, 2.24) is 10.6 Å². The summed E-state index contributed by atoms with van der Waals surface area (Å²) in [5.41, 5.74) is 2.49. The maximum Gasteiger partial charge on any atom is 0.167 e. The maximum absolute atomic E-state index is 5.57. The topological polar surface area (TPSA) is 47.0 Å². The fourth-order valence-corrected chi connectivity index (χ4v) is 4.01. The zero-order valence-electron chi connectivity index (χ0n) is 16.6. The van der Waals surface area contributed by atoms with E-state index in [1.54, 1.807) is 7.11 Å². The van der Waals surface area contributed by atoms with Gasteiger partial charge in [-0.1, -0.05) is 42.5 Å². The van der Waals surface area contributed by atoms with Crippen LogP contribution in [0.25, 0.3) is 0 Å². The molecule has 0 amide bonds. The molecule has 0 radical (unpaired) electrons. The highest BCUT2D eigenvalue weighted by atomic mass is 32.1. The van der Waals surface area contributed by atoms with Crippen molar-refractivity contribution in [3.63, 3.8) is 0 Å². The van der Waals surface area contributed by atoms with Gasteiger partial charge in [0.05, 0.1) is 26.4 Å². The predicted molar refractivity (Wildman–Crippen MR) is 116 cm³/mol. The third-order valence-electron chi connectivity index (χ3n) is 5.20. The molecule has 0 bridgehead atoms. The SMILES string of the molecule is COc1ccc(CNC(=S)N[C@@H](C)[C@H](c2ccccc2)[NH+]2CCOCC2)cc1. The summed E-state index contributed by atoms with van der Waals surface area (Å²) in [6, 6.07) is 19.2. The second-order valence-electron chi connectivity index (χ2n) is 7.12. The molecule has 150 valence electrons. The number of benzene rings is 2. The zero-order chi connectivity index (χ0) is 19.8. The van der Waals surface area contributed by atoms with Crippen molar-refractivity contribution in [2.75, 3.05) is 33.4 Å². The van der Waals surface area contributed by atoms with Gasteiger partial charge in [0, 0.05) is 12.1 Å². The van der Waals surface area contributed by atoms with Crippen LogP contribution in [0.15, 0.2) is 54.6 Å². The number of ether oxygens (including phenoxy) is 2. The first-order chi connectivity index (χ1) is 13.7. The Kier molecular flexibility index (Phi) is 7.65. The van der Waals surface area contributed by atoms with E-state index in [1.165, 1.54) is 10.5 Å². The lowest BCUT2D eigenvalue weighted by Gasteiger charge is -2.35. The molecule has 0 saturated carbocycles. The average molecular weight is 401 g/mol. The summed E-state index contributed by atoms with van der Waals surface area (Å²) in [5.74, 6) is 0.859. The van der Waals surface area contributed by atoms with Crippen molar-refractivity contribution in [1.29, 1.82) is 0 Å². The molecule has 0 spiro atoms. The van der Waals surface area contributed by atoms with Crippen molar-refractivity contribution in [3.05, 3.63) is 65.7 Å². The minimum absolute atomic E-state index is 0.200. The van der Waals surface area contributed by atoms with Crippen LogP contribution >= 0.6 is 12.2 Å². The second kappa shape index (κ2) is 10.4. The van der Waals surface area contributed by atoms with Crippen molar-refractivity contribution >= 4 is 17.3 Å². The van der Waals surface area contributed by atoms with Crippen LogP contribution in [0.3, 0.4) is 0 Å². The van der Waals surface area contributed by atoms with Crippen molar-refractivity contribution in [3.8, 4) is 5.75 Å². The molecule has 28 heavy (non-hydrogen) atoms. The maximum atomic E-state index is 5.57. The van der Waals surface area contributed by atoms with E-state index in [4.69, 9.17) is 21.7 Å². The fraction of sp³-hybridized carbons (Fsp3) is 0.409. The van der Waals surface area contributed by atoms with Gasteiger partial charge >= 0.3 is 0 Å². The number of hydrogen-bond acceptors (Lipinski definition) is 3. The van der Waals surface area contributed by atoms with Crippen molar-refractivity contribution < 1.29 is 14.4 Å². The molecule has 2 atom stereocenters. The molecule has 2 aromatic carbocycles. The summed E-state index contributed by atoms with van der Waals surface area (Å²) in [6.45, 7) is 6.54. The Hall–Kier alpha value is -2.15. The van der Waals surface area contributed by atoms with Gasteiger partial charge in [-0.2, -0.15) is 0 Å². The van der Waals surface area contributed by atoms with Gasteiger partial charge in [0.2, 0.25) is 0 Å². The normalized spacial score (nSPS) is 16.8. The predicted octanol–water partition coefficient (Wildman–Crippen LogP) is 1.70. The van der Waals surface area contributed by atoms with E-state index in [-0.39, 0.29) is 6.04 Å². The van der Waals surface area contributed by atoms with Crippen molar-refractivity contribution in [2.45, 2.75) is 25.6 Å². The van der Waals surface area contributed by atoms with Crippen LogP contribution in [0.4, 0.5) is 0 Å². The first kappa shape index (κ1) is 20.6. The van der Waals surface area contributed by atoms with E-state index in [2.05, 4.69) is 47.9 Å². The quantitative estimate of drug-likeness (QED) is 0.618. The van der Waals surface area contributed by atoms with E-state index >= 15 is 0 Å². The molecule has 1 saturated heterocycles. The molecule has 2 aromatic rings. The van der Waals surface area contributed by atoms with Crippen LogP contribution in [0.1, 0.15) is 24.1 Å². The molecule has 1 heterocycles. The number of thiocarbonyl (C=S) groups is 1. The second-order valence-corrected chi connectivity index (χ2v) is 7.53. The lowest BCUT2D eigenvalue weighted by molar-refractivity contribution is -0.940. The summed E-state index contributed by atoms with van der Waals surface area (Å²) in [4.78, 5) is 1.54. The van der Waals surface area contributed by atoms with Gasteiger partial charge in [-0.25, -0.2) is 0 Å². The molecule has 0 aliphatic carbocycles. The molecule has 3 N–H and O–H groups in total. The number of morpholine rings is 1. The molecule has 1 aliphatic rings. The molecule has 0 aromatic heterocycles. The molecule has 1 aliphatic heterocycles. The summed E-state index contributed by atoms with van der Waals surface area (Å²) >= 11 is 5.57. The van der Waals surface area contributed by atoms with Crippen LogP contribution < -0.4 is 20.3 Å². The van der Waals surface area contributed by atoms with Gasteiger partial charge in [0.15, 0.2) is 5.11 Å². The fourth-order valence-electron chi connectivity index (χ4n) is 3.75. The van der Waals surface area contributed by atoms with E-state index in [1.807, 2.05) is 24.3 Å². The Morgan fingerprint density at radius 2 is 1.79 bits per heavy atom. The Balaban J connectivity index is 1.60. The number of methoxy groups -OCH3 is 1. The monoisotopic (exact) mass is 400 g/mol. The van der Waals surface area contributed by atoms with Crippen molar-refractivity contribution in [2.24, 2.45) is 0 Å². The van der Waals surface area contributed by atoms with E-state index in [0.29, 0.717) is 17.7 Å². The number of nitrogens with one attached hydrogen (secondary N) is 3. The molecule has 5 nitrogen and oxygen atoms in total. The first-order valence-corrected chi connectivity index (χ1v) is 10.2. The van der Waals surface area contributed by atoms with Gasteiger partial charge in [-0.05, 0) is 36.8 Å². The summed E-state index contributed by atoms with van der Waals surface area (Å²) in [6.07, 6.45) is 0. The zero-order valence-corrected chi connectivity index (χ0v) is 17.4. The van der Waals surface area contributed by atoms with Crippen LogP contribution in [-0.4, -0.2) is 44.6 Å². The van der Waals surface area contributed by atoms with Gasteiger partial charge in [0.1, 0.15) is 24.9 Å². The summed E-state index contributed by atoms with van der Waals surface area (Å²) in [7, 11) is 1.67. The number of quaternary nitrogens is 1. The Labute approximate surface area is 173 Å². The molecule has 1 fully saturated rings. The van der Waals surface area contributed by atoms with E-state index < -0.39 is 0 Å². The number of rotatable bonds is 7. The molecule has 0 unspecified atom stereocenters. The minimum Gasteiger partial charge on any atom is -0.497 e. The van der Waals surface area contributed by atoms with Gasteiger partial charge in [0.25, 0.3) is 0 Å². The van der Waals surface area contributed by atoms with Gasteiger partial charge in [-0.3, -0.25) is 0 Å². The first-order valence-electron chi connectivity index (χ1n) is 9.82. The molecule has 6 heteroatoms. The standard InChI is InChI=1S/C22H29N3O2S/c1-17(24-22(28)23-16-18-8-10-20(26-2)11-9-18)21(19-6-4-3-5-7-19)25-12-14-27-15-13-25/h3-11,17,21H,12-16H2,1-2H3,(H2,23,24,28)/p+1/t17-,21+/m0/s1. The molecule has 3 rings (SSSR count). The highest BCUT2D eigenvalue weighted by Gasteiger charge is 2.31. The third kappa shape index (κ3) is 5.67. The van der Waals surface area contributed by atoms with E-state index in [0.717, 1.165) is 37.6 Å². The smallest absolute Gasteiger partial charge is 0.167 e. The van der Waals surface area contributed by atoms with Gasteiger partial charge < -0.3 is 25.0 Å². The van der Waals surface area contributed by atoms with Crippen LogP contribution in [0, 0.1) is 0 Å². The molecular weight excluding hydrogens is 370 g/mol. The lowest BCUT2D eigenvalue weighted by Crippen LogP contribution is -3.15. The van der Waals surface area contributed by atoms with Crippen LogP contribution in [-0.2, 0) is 11.3 Å². The third-order valence-corrected chi connectivity index (χ3v) is 5.47. The molecular formula is C22H30N3O2S+. The highest BCUT2D eigenvalue weighted by Crippen LogP contribution is 2.14. The van der Waals surface area contributed by atoms with Crippen LogP contribution in [0.5, 0.6) is 5.75 Å². The Morgan fingerprint density at radius 3 is 2.43 bits per heavy atom. The minimum atomic E-state index is 0.200. The lowest BCUT2D eigenvalue weighted by atomic mass is 9.98. The van der Waals surface area contributed by atoms with Gasteiger partial charge in [-0.15, -0.1) is 0 Å². The van der Waals surface area contributed by atoms with Crippen LogP contribution in [0.2, 0.25) is 0 Å². The Bertz CT molecular complexity index is 733. The highest BCUT2D eigenvalue weighted by molar-refractivity contribution is 7.80. The summed E-state index contributed by atoms with van der Waals surface area (Å²) in [5, 5.41) is 7.50. The summed E-state index contributed by atoms with van der Waals surface area (Å²) < 4.78 is 10.8. The van der Waals surface area contributed by atoms with E-state index in [9.17, 15) is 0 Å².